The summed E-state index contributed by atoms with van der Waals surface area (Å²) in [4.78, 5) is 4.85. The van der Waals surface area contributed by atoms with Crippen LogP contribution in [0.4, 0.5) is 4.39 Å². The summed E-state index contributed by atoms with van der Waals surface area (Å²) < 4.78 is 15.6. The van der Waals surface area contributed by atoms with E-state index in [-0.39, 0.29) is 6.04 Å². The fourth-order valence-corrected chi connectivity index (χ4v) is 5.36. The van der Waals surface area contributed by atoms with Crippen molar-refractivity contribution >= 4 is 28.4 Å². The number of hydrogen-bond donors (Lipinski definition) is 2. The zero-order valence-corrected chi connectivity index (χ0v) is 20.9. The number of amidine groups is 1. The summed E-state index contributed by atoms with van der Waals surface area (Å²) in [6.45, 7) is 8.89. The van der Waals surface area contributed by atoms with E-state index in [1.54, 1.807) is 13.0 Å². The van der Waals surface area contributed by atoms with Crippen molar-refractivity contribution in [2.75, 3.05) is 44.2 Å². The van der Waals surface area contributed by atoms with Gasteiger partial charge < -0.3 is 4.90 Å². The lowest BCUT2D eigenvalue weighted by Crippen LogP contribution is -2.56. The summed E-state index contributed by atoms with van der Waals surface area (Å²) in [7, 11) is 2.17. The van der Waals surface area contributed by atoms with Crippen molar-refractivity contribution < 1.29 is 4.39 Å². The summed E-state index contributed by atoms with van der Waals surface area (Å²) in [5, 5.41) is 6.83. The molecule has 170 valence electrons. The number of alkyl halides is 2. The van der Waals surface area contributed by atoms with E-state index in [4.69, 9.17) is 0 Å². The maximum absolute atomic E-state index is 14.4. The third-order valence-corrected chi connectivity index (χ3v) is 7.05. The molecule has 3 rings (SSSR count). The predicted molar refractivity (Wildman–Crippen MR) is 131 cm³/mol. The number of rotatable bonds is 10. The second kappa shape index (κ2) is 11.2. The van der Waals surface area contributed by atoms with Crippen LogP contribution in [0.5, 0.6) is 0 Å². The SMILES string of the molecule is CCCC(CCI)CCN1NNN=C1C(C1=CCC(C)(F)C=C1)N1CCN(C)CC1. The molecule has 0 aromatic heterocycles. The number of nitrogens with one attached hydrogen (secondary N) is 2. The Morgan fingerprint density at radius 1 is 1.23 bits per heavy atom. The highest BCUT2D eigenvalue weighted by Crippen LogP contribution is 2.29. The van der Waals surface area contributed by atoms with Crippen molar-refractivity contribution in [2.24, 2.45) is 11.0 Å². The molecular weight excluding hydrogens is 494 g/mol. The lowest BCUT2D eigenvalue weighted by atomic mass is 9.90. The highest BCUT2D eigenvalue weighted by atomic mass is 127. The highest BCUT2D eigenvalue weighted by Gasteiger charge is 2.36. The Labute approximate surface area is 195 Å². The molecule has 0 aromatic carbocycles. The standard InChI is InChI=1S/C22H38FIN6/c1-4-5-18(8-12-24)9-13-30-21(25-26-27-30)20(29-16-14-28(3)15-17-29)19-6-10-22(2,23)11-7-19/h6-7,10,18,20,26-27H,4-5,8-9,11-17H2,1-3H3. The number of halogens is 2. The molecule has 3 aliphatic rings. The van der Waals surface area contributed by atoms with Gasteiger partial charge >= 0.3 is 0 Å². The topological polar surface area (TPSA) is 46.1 Å². The first-order valence-electron chi connectivity index (χ1n) is 11.4. The molecule has 2 heterocycles. The molecule has 1 saturated heterocycles. The summed E-state index contributed by atoms with van der Waals surface area (Å²) in [6, 6.07) is 0.0442. The van der Waals surface area contributed by atoms with Gasteiger partial charge in [0.05, 0.1) is 6.04 Å². The van der Waals surface area contributed by atoms with Crippen LogP contribution in [-0.2, 0) is 0 Å². The van der Waals surface area contributed by atoms with E-state index in [9.17, 15) is 4.39 Å². The lowest BCUT2D eigenvalue weighted by molar-refractivity contribution is 0.140. The van der Waals surface area contributed by atoms with Gasteiger partial charge in [-0.15, -0.1) is 10.6 Å². The van der Waals surface area contributed by atoms with Crippen molar-refractivity contribution in [3.8, 4) is 0 Å². The van der Waals surface area contributed by atoms with Gasteiger partial charge in [0.1, 0.15) is 5.67 Å². The van der Waals surface area contributed by atoms with Crippen molar-refractivity contribution in [3.05, 3.63) is 23.8 Å². The molecule has 8 heteroatoms. The van der Waals surface area contributed by atoms with Crippen LogP contribution in [-0.4, -0.2) is 76.6 Å². The van der Waals surface area contributed by atoms with Gasteiger partial charge in [-0.05, 0) is 48.8 Å². The largest absolute Gasteiger partial charge is 0.304 e. The van der Waals surface area contributed by atoms with Gasteiger partial charge in [-0.1, -0.05) is 54.5 Å². The molecule has 0 amide bonds. The summed E-state index contributed by atoms with van der Waals surface area (Å²) in [6.07, 6.45) is 11.1. The Bertz CT molecular complexity index is 636. The molecule has 30 heavy (non-hydrogen) atoms. The van der Waals surface area contributed by atoms with E-state index >= 15 is 0 Å². The molecule has 0 bridgehead atoms. The Balaban J connectivity index is 1.75. The van der Waals surface area contributed by atoms with Gasteiger partial charge in [0.15, 0.2) is 5.84 Å². The maximum Gasteiger partial charge on any atom is 0.164 e. The van der Waals surface area contributed by atoms with Crippen LogP contribution in [0.1, 0.15) is 46.0 Å². The minimum atomic E-state index is -1.25. The van der Waals surface area contributed by atoms with Gasteiger partial charge in [0.25, 0.3) is 0 Å². The predicted octanol–water partition coefficient (Wildman–Crippen LogP) is 3.49. The van der Waals surface area contributed by atoms with Crippen LogP contribution < -0.4 is 11.1 Å². The second-order valence-electron chi connectivity index (χ2n) is 9.03. The Hall–Kier alpha value is -0.710. The maximum atomic E-state index is 14.4. The van der Waals surface area contributed by atoms with Crippen LogP contribution in [0, 0.1) is 5.92 Å². The van der Waals surface area contributed by atoms with E-state index in [1.165, 1.54) is 23.7 Å². The number of nitrogens with zero attached hydrogens (tertiary/aromatic N) is 4. The van der Waals surface area contributed by atoms with Crippen molar-refractivity contribution in [2.45, 2.75) is 57.7 Å². The second-order valence-corrected chi connectivity index (χ2v) is 10.1. The monoisotopic (exact) mass is 532 g/mol. The summed E-state index contributed by atoms with van der Waals surface area (Å²) >= 11 is 2.49. The highest BCUT2D eigenvalue weighted by molar-refractivity contribution is 14.1. The smallest absolute Gasteiger partial charge is 0.164 e. The third kappa shape index (κ3) is 6.40. The van der Waals surface area contributed by atoms with E-state index in [1.807, 2.05) is 6.08 Å². The van der Waals surface area contributed by atoms with Crippen LogP contribution in [0.3, 0.4) is 0 Å². The van der Waals surface area contributed by atoms with Crippen LogP contribution in [0.15, 0.2) is 28.9 Å². The summed E-state index contributed by atoms with van der Waals surface area (Å²) in [5.41, 5.74) is 6.14. The van der Waals surface area contributed by atoms with Gasteiger partial charge in [-0.2, -0.15) is 0 Å². The van der Waals surface area contributed by atoms with Gasteiger partial charge in [0.2, 0.25) is 0 Å². The average molecular weight is 532 g/mol. The van der Waals surface area contributed by atoms with E-state index in [0.717, 1.165) is 56.5 Å². The van der Waals surface area contributed by atoms with Crippen LogP contribution >= 0.6 is 22.6 Å². The van der Waals surface area contributed by atoms with Crippen LogP contribution in [0.25, 0.3) is 0 Å². The fraction of sp³-hybridized carbons (Fsp3) is 0.773. The van der Waals surface area contributed by atoms with Crippen molar-refractivity contribution in [1.29, 1.82) is 0 Å². The first-order chi connectivity index (χ1) is 14.4. The number of hydrogen-bond acceptors (Lipinski definition) is 6. The zero-order chi connectivity index (χ0) is 21.6. The number of hydrazine groups is 2. The van der Waals surface area contributed by atoms with Crippen LogP contribution in [0.2, 0.25) is 0 Å². The fourth-order valence-electron chi connectivity index (χ4n) is 4.48. The number of allylic oxidation sites excluding steroid dienone is 2. The van der Waals surface area contributed by atoms with Gasteiger partial charge in [-0.25, -0.2) is 9.93 Å². The molecule has 0 aromatic rings. The Morgan fingerprint density at radius 3 is 2.63 bits per heavy atom. The molecule has 0 radical (unpaired) electrons. The average Bonchev–Trinajstić information content (AvgIpc) is 3.17. The number of piperazine rings is 1. The number of hydrazone groups is 1. The Morgan fingerprint density at radius 2 is 2.00 bits per heavy atom. The van der Waals surface area contributed by atoms with Gasteiger partial charge in [0, 0.05) is 39.1 Å². The molecule has 3 unspecified atom stereocenters. The van der Waals surface area contributed by atoms with Gasteiger partial charge in [-0.3, -0.25) is 9.91 Å². The molecule has 1 fully saturated rings. The lowest BCUT2D eigenvalue weighted by Gasteiger charge is -2.40. The zero-order valence-electron chi connectivity index (χ0n) is 18.7. The molecule has 0 spiro atoms. The normalized spacial score (nSPS) is 27.6. The third-order valence-electron chi connectivity index (χ3n) is 6.43. The minimum absolute atomic E-state index is 0.0442. The molecule has 2 N–H and O–H groups in total. The first-order valence-corrected chi connectivity index (χ1v) is 12.9. The summed E-state index contributed by atoms with van der Waals surface area (Å²) in [5.74, 6) is 1.75. The van der Waals surface area contributed by atoms with E-state index < -0.39 is 5.67 Å². The molecule has 0 saturated carbocycles. The minimum Gasteiger partial charge on any atom is -0.304 e. The van der Waals surface area contributed by atoms with E-state index in [2.05, 4.69) is 73.6 Å². The molecule has 1 aliphatic carbocycles. The molecular formula is C22H38FIN6. The Kier molecular flexibility index (Phi) is 8.97. The van der Waals surface area contributed by atoms with E-state index in [0.29, 0.717) is 6.42 Å². The quantitative estimate of drug-likeness (QED) is 0.333. The van der Waals surface area contributed by atoms with Crippen molar-refractivity contribution in [1.82, 2.24) is 25.9 Å². The first kappa shape index (κ1) is 23.9. The molecule has 2 aliphatic heterocycles. The van der Waals surface area contributed by atoms with Crippen molar-refractivity contribution in [3.63, 3.8) is 0 Å². The molecule has 6 nitrogen and oxygen atoms in total. The number of likely N-dealkylation sites (N-methyl/N-ethyl adjacent to an activating group) is 1. The molecule has 3 atom stereocenters.